The van der Waals surface area contributed by atoms with Crippen LogP contribution in [0.15, 0.2) is 12.7 Å². The van der Waals surface area contributed by atoms with E-state index in [-0.39, 0.29) is 0 Å². The molecule has 1 saturated carbocycles. The summed E-state index contributed by atoms with van der Waals surface area (Å²) < 4.78 is 0. The Hall–Kier alpha value is -0.340. The monoisotopic (exact) mass is 252 g/mol. The summed E-state index contributed by atoms with van der Waals surface area (Å²) in [7, 11) is 0. The summed E-state index contributed by atoms with van der Waals surface area (Å²) in [5.41, 5.74) is 0.382. The van der Waals surface area contributed by atoms with Gasteiger partial charge in [-0.05, 0) is 45.3 Å². The minimum atomic E-state index is 0.382. The van der Waals surface area contributed by atoms with Crippen molar-refractivity contribution >= 4 is 0 Å². The lowest BCUT2D eigenvalue weighted by Crippen LogP contribution is -2.59. The minimum absolute atomic E-state index is 0.382. The molecule has 1 fully saturated rings. The molecule has 0 aromatic rings. The summed E-state index contributed by atoms with van der Waals surface area (Å²) in [4.78, 5) is 2.69. The molecule has 1 rings (SSSR count). The second-order valence-corrected chi connectivity index (χ2v) is 5.51. The Bertz CT molecular complexity index is 227. The highest BCUT2D eigenvalue weighted by Gasteiger charge is 2.43. The van der Waals surface area contributed by atoms with E-state index in [9.17, 15) is 0 Å². The van der Waals surface area contributed by atoms with E-state index in [2.05, 4.69) is 43.6 Å². The third-order valence-corrected chi connectivity index (χ3v) is 4.55. The van der Waals surface area contributed by atoms with Gasteiger partial charge in [-0.15, -0.1) is 6.58 Å². The topological polar surface area (TPSA) is 15.3 Å². The van der Waals surface area contributed by atoms with Crippen LogP contribution >= 0.6 is 0 Å². The average Bonchev–Trinajstić information content (AvgIpc) is 2.86. The van der Waals surface area contributed by atoms with Gasteiger partial charge in [-0.3, -0.25) is 4.90 Å². The molecule has 1 aliphatic carbocycles. The van der Waals surface area contributed by atoms with Crippen molar-refractivity contribution in [1.82, 2.24) is 10.2 Å². The van der Waals surface area contributed by atoms with E-state index in [0.29, 0.717) is 11.6 Å². The molecular weight excluding hydrogens is 220 g/mol. The summed E-state index contributed by atoms with van der Waals surface area (Å²) in [6, 6.07) is 0.581. The van der Waals surface area contributed by atoms with Crippen LogP contribution in [0.4, 0.5) is 0 Å². The quantitative estimate of drug-likeness (QED) is 0.631. The van der Waals surface area contributed by atoms with E-state index >= 15 is 0 Å². The van der Waals surface area contributed by atoms with Gasteiger partial charge in [0.1, 0.15) is 0 Å². The molecule has 0 aromatic carbocycles. The van der Waals surface area contributed by atoms with E-state index in [0.717, 1.165) is 26.1 Å². The van der Waals surface area contributed by atoms with Gasteiger partial charge in [-0.1, -0.05) is 39.7 Å². The number of likely N-dealkylation sites (N-methyl/N-ethyl adjacent to an activating group) is 1. The molecule has 0 spiro atoms. The fraction of sp³-hybridized carbons (Fsp3) is 0.875. The maximum absolute atomic E-state index is 3.96. The minimum Gasteiger partial charge on any atom is -0.312 e. The molecule has 0 amide bonds. The SMILES string of the molecule is C=CCC(NCCC)C1(N(CC)CC)CCCC1. The first-order chi connectivity index (χ1) is 8.75. The molecule has 0 aliphatic heterocycles. The number of rotatable bonds is 9. The van der Waals surface area contributed by atoms with E-state index < -0.39 is 0 Å². The molecule has 1 aliphatic rings. The number of hydrogen-bond acceptors (Lipinski definition) is 2. The maximum Gasteiger partial charge on any atom is 0.0365 e. The normalized spacial score (nSPS) is 20.2. The Kier molecular flexibility index (Phi) is 6.95. The predicted octanol–water partition coefficient (Wildman–Crippen LogP) is 3.59. The fourth-order valence-corrected chi connectivity index (χ4v) is 3.70. The van der Waals surface area contributed by atoms with Crippen molar-refractivity contribution in [2.45, 2.75) is 70.9 Å². The van der Waals surface area contributed by atoms with Crippen LogP contribution in [-0.4, -0.2) is 36.1 Å². The molecule has 0 heterocycles. The van der Waals surface area contributed by atoms with Gasteiger partial charge >= 0.3 is 0 Å². The first kappa shape index (κ1) is 15.7. The average molecular weight is 252 g/mol. The van der Waals surface area contributed by atoms with Gasteiger partial charge in [0.2, 0.25) is 0 Å². The van der Waals surface area contributed by atoms with Crippen LogP contribution in [0.25, 0.3) is 0 Å². The molecule has 0 saturated heterocycles. The summed E-state index contributed by atoms with van der Waals surface area (Å²) in [5.74, 6) is 0. The van der Waals surface area contributed by atoms with Gasteiger partial charge in [0.25, 0.3) is 0 Å². The zero-order chi connectivity index (χ0) is 13.4. The van der Waals surface area contributed by atoms with Crippen LogP contribution in [0, 0.1) is 0 Å². The molecule has 2 heteroatoms. The van der Waals surface area contributed by atoms with Gasteiger partial charge in [-0.2, -0.15) is 0 Å². The van der Waals surface area contributed by atoms with Crippen LogP contribution in [0.1, 0.15) is 59.3 Å². The molecule has 18 heavy (non-hydrogen) atoms. The van der Waals surface area contributed by atoms with Crippen molar-refractivity contribution < 1.29 is 0 Å². The van der Waals surface area contributed by atoms with Gasteiger partial charge < -0.3 is 5.32 Å². The van der Waals surface area contributed by atoms with Crippen molar-refractivity contribution in [3.05, 3.63) is 12.7 Å². The van der Waals surface area contributed by atoms with Gasteiger partial charge in [0.15, 0.2) is 0 Å². The third-order valence-electron chi connectivity index (χ3n) is 4.55. The second kappa shape index (κ2) is 7.96. The van der Waals surface area contributed by atoms with Crippen LogP contribution in [0.3, 0.4) is 0 Å². The van der Waals surface area contributed by atoms with Gasteiger partial charge in [0.05, 0.1) is 0 Å². The van der Waals surface area contributed by atoms with E-state index in [1.54, 1.807) is 0 Å². The number of nitrogens with one attached hydrogen (secondary N) is 1. The lowest BCUT2D eigenvalue weighted by molar-refractivity contribution is 0.0639. The molecule has 1 unspecified atom stereocenters. The third kappa shape index (κ3) is 3.36. The summed E-state index contributed by atoms with van der Waals surface area (Å²) in [6.07, 6.45) is 9.87. The highest BCUT2D eigenvalue weighted by atomic mass is 15.2. The summed E-state index contributed by atoms with van der Waals surface area (Å²) >= 11 is 0. The number of nitrogens with zero attached hydrogens (tertiary/aromatic N) is 1. The highest BCUT2D eigenvalue weighted by Crippen LogP contribution is 2.39. The number of hydrogen-bond donors (Lipinski definition) is 1. The molecule has 0 radical (unpaired) electrons. The lowest BCUT2D eigenvalue weighted by atomic mass is 9.83. The zero-order valence-corrected chi connectivity index (χ0v) is 12.7. The largest absolute Gasteiger partial charge is 0.312 e. The Morgan fingerprint density at radius 1 is 1.22 bits per heavy atom. The van der Waals surface area contributed by atoms with Crippen LogP contribution in [-0.2, 0) is 0 Å². The Balaban J connectivity index is 2.86. The van der Waals surface area contributed by atoms with Crippen molar-refractivity contribution in [3.63, 3.8) is 0 Å². The van der Waals surface area contributed by atoms with Crippen LogP contribution < -0.4 is 5.32 Å². The van der Waals surface area contributed by atoms with Crippen molar-refractivity contribution in [2.24, 2.45) is 0 Å². The van der Waals surface area contributed by atoms with E-state index in [1.807, 2.05) is 0 Å². The molecule has 1 N–H and O–H groups in total. The maximum atomic E-state index is 3.96. The first-order valence-electron chi connectivity index (χ1n) is 7.84. The first-order valence-corrected chi connectivity index (χ1v) is 7.84. The van der Waals surface area contributed by atoms with Crippen molar-refractivity contribution in [3.8, 4) is 0 Å². The standard InChI is InChI=1S/C16H32N2/c1-5-11-15(17-14-6-2)16(12-9-10-13-16)18(7-3)8-4/h5,15,17H,1,6-14H2,2-4H3. The van der Waals surface area contributed by atoms with Crippen molar-refractivity contribution in [2.75, 3.05) is 19.6 Å². The Morgan fingerprint density at radius 2 is 1.83 bits per heavy atom. The fourth-order valence-electron chi connectivity index (χ4n) is 3.70. The van der Waals surface area contributed by atoms with E-state index in [1.165, 1.54) is 32.1 Å². The van der Waals surface area contributed by atoms with Crippen LogP contribution in [0.5, 0.6) is 0 Å². The van der Waals surface area contributed by atoms with Crippen LogP contribution in [0.2, 0.25) is 0 Å². The molecule has 2 nitrogen and oxygen atoms in total. The van der Waals surface area contributed by atoms with Crippen molar-refractivity contribution in [1.29, 1.82) is 0 Å². The zero-order valence-electron chi connectivity index (χ0n) is 12.7. The molecule has 106 valence electrons. The molecule has 1 atom stereocenters. The molecule has 0 bridgehead atoms. The predicted molar refractivity (Wildman–Crippen MR) is 81.0 cm³/mol. The van der Waals surface area contributed by atoms with Gasteiger partial charge in [0, 0.05) is 11.6 Å². The smallest absolute Gasteiger partial charge is 0.0365 e. The lowest BCUT2D eigenvalue weighted by Gasteiger charge is -2.46. The second-order valence-electron chi connectivity index (χ2n) is 5.51. The Morgan fingerprint density at radius 3 is 2.28 bits per heavy atom. The summed E-state index contributed by atoms with van der Waals surface area (Å²) in [6.45, 7) is 14.3. The van der Waals surface area contributed by atoms with Gasteiger partial charge in [-0.25, -0.2) is 0 Å². The highest BCUT2D eigenvalue weighted by molar-refractivity contribution is 5.05. The summed E-state index contributed by atoms with van der Waals surface area (Å²) in [5, 5.41) is 3.79. The molecular formula is C16H32N2. The Labute approximate surface area is 114 Å². The van der Waals surface area contributed by atoms with E-state index in [4.69, 9.17) is 0 Å². The molecule has 0 aromatic heterocycles.